The molecule has 6 heteroatoms. The third-order valence-corrected chi connectivity index (χ3v) is 2.60. The van der Waals surface area contributed by atoms with E-state index in [2.05, 4.69) is 10.5 Å². The molecule has 0 aliphatic heterocycles. The molecule has 0 saturated heterocycles. The third-order valence-electron chi connectivity index (χ3n) is 2.60. The van der Waals surface area contributed by atoms with Gasteiger partial charge >= 0.3 is 5.97 Å². The number of carbonyl (C=O) groups excluding carboxylic acids is 1. The minimum Gasteiger partial charge on any atom is -0.481 e. The Morgan fingerprint density at radius 3 is 2.74 bits per heavy atom. The van der Waals surface area contributed by atoms with E-state index in [4.69, 9.17) is 9.63 Å². The molecule has 0 bridgehead atoms. The van der Waals surface area contributed by atoms with Crippen LogP contribution in [0.15, 0.2) is 35.0 Å². The second-order valence-electron chi connectivity index (χ2n) is 3.98. The van der Waals surface area contributed by atoms with Crippen molar-refractivity contribution in [3.63, 3.8) is 0 Å². The molecule has 2 aromatic rings. The van der Waals surface area contributed by atoms with Gasteiger partial charge in [0, 0.05) is 5.69 Å². The number of hydrogen-bond donors (Lipinski definition) is 2. The molecule has 2 rings (SSSR count). The van der Waals surface area contributed by atoms with Crippen molar-refractivity contribution in [3.8, 4) is 0 Å². The average molecular weight is 260 g/mol. The molecule has 0 spiro atoms. The van der Waals surface area contributed by atoms with Gasteiger partial charge in [-0.3, -0.25) is 9.59 Å². The van der Waals surface area contributed by atoms with Crippen LogP contribution in [0.2, 0.25) is 0 Å². The summed E-state index contributed by atoms with van der Waals surface area (Å²) in [7, 11) is 0. The Morgan fingerprint density at radius 2 is 2.11 bits per heavy atom. The minimum atomic E-state index is -0.956. The Labute approximate surface area is 109 Å². The number of benzene rings is 1. The van der Waals surface area contributed by atoms with Gasteiger partial charge in [-0.05, 0) is 18.6 Å². The maximum Gasteiger partial charge on any atom is 0.307 e. The molecule has 0 atom stereocenters. The smallest absolute Gasteiger partial charge is 0.307 e. The zero-order chi connectivity index (χ0) is 13.8. The molecule has 1 amide bonds. The van der Waals surface area contributed by atoms with Crippen molar-refractivity contribution in [3.05, 3.63) is 47.3 Å². The normalized spacial score (nSPS) is 10.2. The summed E-state index contributed by atoms with van der Waals surface area (Å²) in [5, 5.41) is 15.0. The van der Waals surface area contributed by atoms with E-state index in [1.165, 1.54) is 6.20 Å². The summed E-state index contributed by atoms with van der Waals surface area (Å²) < 4.78 is 4.81. The van der Waals surface area contributed by atoms with Crippen LogP contribution in [0.25, 0.3) is 0 Å². The van der Waals surface area contributed by atoms with Crippen LogP contribution >= 0.6 is 0 Å². The van der Waals surface area contributed by atoms with E-state index in [1.54, 1.807) is 31.2 Å². The van der Waals surface area contributed by atoms with Gasteiger partial charge in [0.2, 0.25) is 0 Å². The van der Waals surface area contributed by atoms with Gasteiger partial charge in [-0.15, -0.1) is 0 Å². The summed E-state index contributed by atoms with van der Waals surface area (Å²) in [6.07, 6.45) is 1.17. The molecule has 0 saturated carbocycles. The molecular formula is C13H12N2O4. The van der Waals surface area contributed by atoms with Gasteiger partial charge in [-0.1, -0.05) is 23.4 Å². The zero-order valence-electron chi connectivity index (χ0n) is 10.2. The van der Waals surface area contributed by atoms with Crippen LogP contribution in [-0.4, -0.2) is 22.1 Å². The average Bonchev–Trinajstić information content (AvgIpc) is 2.77. The monoisotopic (exact) mass is 260 g/mol. The SMILES string of the molecule is Cc1oncc1C(=O)Nc1ccccc1CC(=O)O. The van der Waals surface area contributed by atoms with Crippen LogP contribution in [0.3, 0.4) is 0 Å². The molecule has 0 radical (unpaired) electrons. The fourth-order valence-corrected chi connectivity index (χ4v) is 1.67. The highest BCUT2D eigenvalue weighted by Gasteiger charge is 2.15. The predicted octanol–water partition coefficient (Wildman–Crippen LogP) is 1.86. The largest absolute Gasteiger partial charge is 0.481 e. The van der Waals surface area contributed by atoms with E-state index in [0.717, 1.165) is 0 Å². The highest BCUT2D eigenvalue weighted by Crippen LogP contribution is 2.17. The van der Waals surface area contributed by atoms with Gasteiger partial charge in [0.05, 0.1) is 12.6 Å². The number of aromatic nitrogens is 1. The first-order valence-electron chi connectivity index (χ1n) is 5.60. The Balaban J connectivity index is 2.22. The lowest BCUT2D eigenvalue weighted by molar-refractivity contribution is -0.136. The molecule has 1 aromatic heterocycles. The Morgan fingerprint density at radius 1 is 1.37 bits per heavy atom. The number of rotatable bonds is 4. The fourth-order valence-electron chi connectivity index (χ4n) is 1.67. The zero-order valence-corrected chi connectivity index (χ0v) is 10.2. The van der Waals surface area contributed by atoms with Crippen LogP contribution in [0.5, 0.6) is 0 Å². The first-order valence-corrected chi connectivity index (χ1v) is 5.60. The summed E-state index contributed by atoms with van der Waals surface area (Å²) >= 11 is 0. The number of carboxylic acids is 1. The van der Waals surface area contributed by atoms with Gasteiger partial charge < -0.3 is 14.9 Å². The molecule has 1 heterocycles. The molecular weight excluding hydrogens is 248 g/mol. The van der Waals surface area contributed by atoms with E-state index >= 15 is 0 Å². The summed E-state index contributed by atoms with van der Waals surface area (Å²) in [5.41, 5.74) is 1.33. The summed E-state index contributed by atoms with van der Waals surface area (Å²) in [6, 6.07) is 6.75. The second kappa shape index (κ2) is 5.34. The van der Waals surface area contributed by atoms with Gasteiger partial charge in [-0.25, -0.2) is 0 Å². The number of para-hydroxylation sites is 1. The number of aliphatic carboxylic acids is 1. The van der Waals surface area contributed by atoms with Gasteiger partial charge in [0.15, 0.2) is 0 Å². The molecule has 2 N–H and O–H groups in total. The third kappa shape index (κ3) is 2.98. The van der Waals surface area contributed by atoms with Crippen LogP contribution in [0, 0.1) is 6.92 Å². The van der Waals surface area contributed by atoms with Crippen LogP contribution in [0.1, 0.15) is 21.7 Å². The maximum absolute atomic E-state index is 12.0. The molecule has 98 valence electrons. The Hall–Kier alpha value is -2.63. The van der Waals surface area contributed by atoms with Gasteiger partial charge in [-0.2, -0.15) is 0 Å². The Bertz CT molecular complexity index is 619. The van der Waals surface area contributed by atoms with Gasteiger partial charge in [0.25, 0.3) is 5.91 Å². The Kier molecular flexibility index (Phi) is 3.61. The van der Waals surface area contributed by atoms with E-state index in [0.29, 0.717) is 22.6 Å². The maximum atomic E-state index is 12.0. The van der Waals surface area contributed by atoms with E-state index in [-0.39, 0.29) is 12.3 Å². The van der Waals surface area contributed by atoms with Crippen molar-refractivity contribution in [1.82, 2.24) is 5.16 Å². The predicted molar refractivity (Wildman–Crippen MR) is 67.0 cm³/mol. The topological polar surface area (TPSA) is 92.4 Å². The minimum absolute atomic E-state index is 0.154. The number of anilines is 1. The van der Waals surface area contributed by atoms with E-state index in [9.17, 15) is 9.59 Å². The standard InChI is InChI=1S/C13H12N2O4/c1-8-10(7-14-19-8)13(18)15-11-5-3-2-4-9(11)6-12(16)17/h2-5,7H,6H2,1H3,(H,15,18)(H,16,17). The molecule has 19 heavy (non-hydrogen) atoms. The van der Waals surface area contributed by atoms with Crippen LogP contribution < -0.4 is 5.32 Å². The number of carbonyl (C=O) groups is 2. The number of nitrogens with zero attached hydrogens (tertiary/aromatic N) is 1. The van der Waals surface area contributed by atoms with Crippen molar-refractivity contribution in [2.75, 3.05) is 5.32 Å². The highest BCUT2D eigenvalue weighted by molar-refractivity contribution is 6.05. The van der Waals surface area contributed by atoms with Crippen molar-refractivity contribution in [1.29, 1.82) is 0 Å². The van der Waals surface area contributed by atoms with Crippen molar-refractivity contribution in [2.45, 2.75) is 13.3 Å². The quantitative estimate of drug-likeness (QED) is 0.875. The molecule has 0 aliphatic rings. The number of aryl methyl sites for hydroxylation is 1. The van der Waals surface area contributed by atoms with E-state index < -0.39 is 5.97 Å². The number of carboxylic acid groups (broad SMARTS) is 1. The first-order chi connectivity index (χ1) is 9.08. The first kappa shape index (κ1) is 12.8. The lowest BCUT2D eigenvalue weighted by Crippen LogP contribution is -2.14. The summed E-state index contributed by atoms with van der Waals surface area (Å²) in [6.45, 7) is 1.63. The lowest BCUT2D eigenvalue weighted by atomic mass is 10.1. The molecule has 0 fully saturated rings. The summed E-state index contributed by atoms with van der Waals surface area (Å²) in [5.74, 6) is -0.923. The van der Waals surface area contributed by atoms with E-state index in [1.807, 2.05) is 0 Å². The van der Waals surface area contributed by atoms with Crippen LogP contribution in [-0.2, 0) is 11.2 Å². The highest BCUT2D eigenvalue weighted by atomic mass is 16.5. The number of amides is 1. The van der Waals surface area contributed by atoms with Crippen molar-refractivity contribution in [2.24, 2.45) is 0 Å². The molecule has 0 unspecified atom stereocenters. The van der Waals surface area contributed by atoms with Gasteiger partial charge in [0.1, 0.15) is 11.3 Å². The molecule has 6 nitrogen and oxygen atoms in total. The number of nitrogens with one attached hydrogen (secondary N) is 1. The lowest BCUT2D eigenvalue weighted by Gasteiger charge is -2.08. The van der Waals surface area contributed by atoms with Crippen molar-refractivity contribution < 1.29 is 19.2 Å². The second-order valence-corrected chi connectivity index (χ2v) is 3.98. The van der Waals surface area contributed by atoms with Crippen molar-refractivity contribution >= 4 is 17.6 Å². The number of hydrogen-bond acceptors (Lipinski definition) is 4. The fraction of sp³-hybridized carbons (Fsp3) is 0.154. The molecule has 1 aromatic carbocycles. The summed E-state index contributed by atoms with van der Waals surface area (Å²) in [4.78, 5) is 22.7. The van der Waals surface area contributed by atoms with Crippen LogP contribution in [0.4, 0.5) is 5.69 Å². The molecule has 0 aliphatic carbocycles.